The zero-order valence-corrected chi connectivity index (χ0v) is 16.3. The number of halogens is 3. The molecular formula is C13H13F3N2O7S3. The number of amides is 1. The third kappa shape index (κ3) is 5.14. The van der Waals surface area contributed by atoms with Crippen molar-refractivity contribution in [1.82, 2.24) is 5.32 Å². The van der Waals surface area contributed by atoms with Gasteiger partial charge in [-0.3, -0.25) is 14.9 Å². The normalized spacial score (nSPS) is 19.3. The molecule has 15 heteroatoms. The summed E-state index contributed by atoms with van der Waals surface area (Å²) in [6.07, 6.45) is 0.239. The van der Waals surface area contributed by atoms with Crippen LogP contribution >= 0.6 is 11.8 Å². The first-order valence-electron chi connectivity index (χ1n) is 7.45. The summed E-state index contributed by atoms with van der Waals surface area (Å²) in [5, 5.41) is 13.5. The summed E-state index contributed by atoms with van der Waals surface area (Å²) >= 11 is 0.614. The zero-order chi connectivity index (χ0) is 21.3. The maximum Gasteiger partial charge on any atom is 0.501 e. The smallest absolute Gasteiger partial charge is 0.352 e. The fourth-order valence-electron chi connectivity index (χ4n) is 2.38. The second-order valence-corrected chi connectivity index (χ2v) is 11.0. The zero-order valence-electron chi connectivity index (χ0n) is 13.8. The molecule has 2 rings (SSSR count). The van der Waals surface area contributed by atoms with E-state index in [0.29, 0.717) is 17.8 Å². The van der Waals surface area contributed by atoms with Gasteiger partial charge in [0.05, 0.1) is 32.0 Å². The molecule has 28 heavy (non-hydrogen) atoms. The van der Waals surface area contributed by atoms with Crippen molar-refractivity contribution < 1.29 is 39.7 Å². The molecule has 1 aliphatic heterocycles. The molecule has 1 saturated heterocycles. The summed E-state index contributed by atoms with van der Waals surface area (Å²) < 4.78 is 83.2. The van der Waals surface area contributed by atoms with Crippen molar-refractivity contribution in [2.75, 3.05) is 17.3 Å². The largest absolute Gasteiger partial charge is 0.501 e. The number of rotatable bonds is 6. The van der Waals surface area contributed by atoms with Crippen LogP contribution in [0, 0.1) is 10.1 Å². The Morgan fingerprint density at radius 1 is 1.36 bits per heavy atom. The van der Waals surface area contributed by atoms with Gasteiger partial charge in [0.1, 0.15) is 0 Å². The minimum atomic E-state index is -5.76. The van der Waals surface area contributed by atoms with Crippen LogP contribution in [0.25, 0.3) is 0 Å². The van der Waals surface area contributed by atoms with E-state index in [-0.39, 0.29) is 34.6 Å². The van der Waals surface area contributed by atoms with Crippen LogP contribution in [-0.4, -0.2) is 56.5 Å². The van der Waals surface area contributed by atoms with Gasteiger partial charge in [0.25, 0.3) is 15.5 Å². The molecule has 0 bridgehead atoms. The third-order valence-corrected chi connectivity index (χ3v) is 8.01. The molecule has 0 spiro atoms. The van der Waals surface area contributed by atoms with Gasteiger partial charge in [0.15, 0.2) is 9.84 Å². The minimum Gasteiger partial charge on any atom is -0.352 e. The molecule has 1 atom stereocenters. The monoisotopic (exact) mass is 462 g/mol. The second kappa shape index (κ2) is 7.87. The molecule has 0 aromatic heterocycles. The van der Waals surface area contributed by atoms with Crippen LogP contribution in [-0.2, 0) is 24.5 Å². The number of thioether (sulfide) groups is 1. The van der Waals surface area contributed by atoms with E-state index in [1.165, 1.54) is 0 Å². The van der Waals surface area contributed by atoms with Crippen molar-refractivity contribution in [2.45, 2.75) is 27.8 Å². The van der Waals surface area contributed by atoms with E-state index in [2.05, 4.69) is 5.32 Å². The average Bonchev–Trinajstić information content (AvgIpc) is 2.90. The van der Waals surface area contributed by atoms with Gasteiger partial charge in [-0.2, -0.15) is 13.2 Å². The summed E-state index contributed by atoms with van der Waals surface area (Å²) in [6.45, 7) is 0. The van der Waals surface area contributed by atoms with Gasteiger partial charge in [-0.05, 0) is 18.6 Å². The van der Waals surface area contributed by atoms with Gasteiger partial charge < -0.3 is 5.32 Å². The first-order chi connectivity index (χ1) is 12.7. The van der Waals surface area contributed by atoms with Gasteiger partial charge in [-0.25, -0.2) is 16.8 Å². The van der Waals surface area contributed by atoms with Crippen LogP contribution in [0.15, 0.2) is 28.0 Å². The first kappa shape index (κ1) is 22.4. The van der Waals surface area contributed by atoms with E-state index < -0.39 is 52.6 Å². The highest BCUT2D eigenvalue weighted by Gasteiger charge is 2.47. The Labute approximate surface area is 161 Å². The van der Waals surface area contributed by atoms with E-state index in [1.54, 1.807) is 0 Å². The Bertz CT molecular complexity index is 1010. The summed E-state index contributed by atoms with van der Waals surface area (Å²) in [7, 11) is -8.97. The number of nitrogens with one attached hydrogen (secondary N) is 1. The maximum atomic E-state index is 12.6. The lowest BCUT2D eigenvalue weighted by Gasteiger charge is -2.11. The molecule has 1 heterocycles. The molecule has 1 fully saturated rings. The van der Waals surface area contributed by atoms with Crippen molar-refractivity contribution in [3.05, 3.63) is 28.3 Å². The summed E-state index contributed by atoms with van der Waals surface area (Å²) in [5.41, 5.74) is -6.51. The SMILES string of the molecule is O=C(CSc1ccc(S(=O)(=O)C(F)(F)F)cc1[N+](=O)[O-])N[C@@H]1CCS(=O)(=O)C1. The number of nitrogens with zero attached hydrogens (tertiary/aromatic N) is 1. The predicted octanol–water partition coefficient (Wildman–Crippen LogP) is 1.28. The highest BCUT2D eigenvalue weighted by atomic mass is 32.2. The number of benzene rings is 1. The maximum absolute atomic E-state index is 12.6. The van der Waals surface area contributed by atoms with Crippen LogP contribution in [0.2, 0.25) is 0 Å². The number of sulfone groups is 2. The lowest BCUT2D eigenvalue weighted by Crippen LogP contribution is -2.36. The number of alkyl halides is 3. The molecule has 1 aromatic rings. The molecular weight excluding hydrogens is 449 g/mol. The Hall–Kier alpha value is -1.87. The van der Waals surface area contributed by atoms with Crippen molar-refractivity contribution in [1.29, 1.82) is 0 Å². The van der Waals surface area contributed by atoms with Crippen LogP contribution in [0.4, 0.5) is 18.9 Å². The number of carbonyl (C=O) groups is 1. The predicted molar refractivity (Wildman–Crippen MR) is 92.3 cm³/mol. The second-order valence-electron chi connectivity index (χ2n) is 5.79. The molecule has 0 aliphatic carbocycles. The number of hydrogen-bond donors (Lipinski definition) is 1. The van der Waals surface area contributed by atoms with E-state index in [9.17, 15) is 44.9 Å². The molecule has 1 aromatic carbocycles. The van der Waals surface area contributed by atoms with E-state index in [1.807, 2.05) is 0 Å². The molecule has 0 radical (unpaired) electrons. The number of carbonyl (C=O) groups excluding carboxylic acids is 1. The van der Waals surface area contributed by atoms with Crippen molar-refractivity contribution >= 4 is 43.0 Å². The lowest BCUT2D eigenvalue weighted by atomic mass is 10.3. The topological polar surface area (TPSA) is 141 Å². The van der Waals surface area contributed by atoms with Crippen molar-refractivity contribution in [2.24, 2.45) is 0 Å². The fourth-order valence-corrected chi connectivity index (χ4v) is 5.65. The Morgan fingerprint density at radius 2 is 2.00 bits per heavy atom. The Balaban J connectivity index is 2.13. The molecule has 1 aliphatic rings. The van der Waals surface area contributed by atoms with Crippen LogP contribution in [0.3, 0.4) is 0 Å². The van der Waals surface area contributed by atoms with E-state index >= 15 is 0 Å². The standard InChI is InChI=1S/C13H13F3N2O7S3/c14-13(15,16)28(24,25)9-1-2-11(10(5-9)18(20)21)26-6-12(19)17-8-3-4-27(22,23)7-8/h1-2,5,8H,3-4,6-7H2,(H,17,19)/t8-/m1/s1. The first-order valence-corrected chi connectivity index (χ1v) is 11.7. The summed E-state index contributed by atoms with van der Waals surface area (Å²) in [4.78, 5) is 20.4. The third-order valence-electron chi connectivity index (χ3n) is 3.70. The van der Waals surface area contributed by atoms with Gasteiger partial charge in [-0.1, -0.05) is 0 Å². The van der Waals surface area contributed by atoms with Crippen LogP contribution in [0.5, 0.6) is 0 Å². The average molecular weight is 462 g/mol. The fraction of sp³-hybridized carbons (Fsp3) is 0.462. The Kier molecular flexibility index (Phi) is 6.30. The lowest BCUT2D eigenvalue weighted by molar-refractivity contribution is -0.388. The highest BCUT2D eigenvalue weighted by Crippen LogP contribution is 2.36. The number of nitro groups is 1. The Morgan fingerprint density at radius 3 is 2.50 bits per heavy atom. The minimum absolute atomic E-state index is 0.0638. The number of nitro benzene ring substituents is 1. The summed E-state index contributed by atoms with van der Waals surface area (Å²) in [5.74, 6) is -1.27. The van der Waals surface area contributed by atoms with Crippen LogP contribution in [0.1, 0.15) is 6.42 Å². The quantitative estimate of drug-likeness (QED) is 0.379. The molecule has 1 amide bonds. The highest BCUT2D eigenvalue weighted by molar-refractivity contribution is 8.00. The summed E-state index contributed by atoms with van der Waals surface area (Å²) in [6, 6.07) is 1.09. The van der Waals surface area contributed by atoms with Gasteiger partial charge in [0, 0.05) is 12.1 Å². The molecule has 0 saturated carbocycles. The molecule has 156 valence electrons. The number of hydrogen-bond acceptors (Lipinski definition) is 8. The van der Waals surface area contributed by atoms with Gasteiger partial charge in [-0.15, -0.1) is 11.8 Å². The van der Waals surface area contributed by atoms with Crippen molar-refractivity contribution in [3.63, 3.8) is 0 Å². The molecule has 0 unspecified atom stereocenters. The van der Waals surface area contributed by atoms with Crippen molar-refractivity contribution in [3.8, 4) is 0 Å². The molecule has 9 nitrogen and oxygen atoms in total. The van der Waals surface area contributed by atoms with Crippen LogP contribution < -0.4 is 5.32 Å². The van der Waals surface area contributed by atoms with E-state index in [4.69, 9.17) is 0 Å². The van der Waals surface area contributed by atoms with Gasteiger partial charge in [0.2, 0.25) is 5.91 Å². The van der Waals surface area contributed by atoms with E-state index in [0.717, 1.165) is 6.07 Å². The van der Waals surface area contributed by atoms with Gasteiger partial charge >= 0.3 is 5.51 Å². The molecule has 1 N–H and O–H groups in total.